The van der Waals surface area contributed by atoms with Crippen molar-refractivity contribution in [2.24, 2.45) is 5.92 Å². The van der Waals surface area contributed by atoms with Crippen LogP contribution in [0.1, 0.15) is 19.8 Å². The molecule has 50 valence electrons. The zero-order valence-corrected chi connectivity index (χ0v) is 5.91. The Labute approximate surface area is 56.8 Å². The lowest BCUT2D eigenvalue weighted by atomic mass is 10.00. The third-order valence-electron chi connectivity index (χ3n) is 1.56. The van der Waals surface area contributed by atoms with Crippen LogP contribution < -0.4 is 5.32 Å². The third kappa shape index (κ3) is 2.07. The first-order chi connectivity index (χ1) is 4.43. The summed E-state index contributed by atoms with van der Waals surface area (Å²) in [6, 6.07) is 0. The first kappa shape index (κ1) is 6.64. The Kier molecular flexibility index (Phi) is 2.60. The highest BCUT2D eigenvalue weighted by Crippen LogP contribution is 2.05. The molecule has 0 atom stereocenters. The Morgan fingerprint density at radius 2 is 2.22 bits per heavy atom. The predicted octanol–water partition coefficient (Wildman–Crippen LogP) is 1.01. The Balaban J connectivity index is 2.03. The molecule has 1 aliphatic heterocycles. The molecule has 0 amide bonds. The van der Waals surface area contributed by atoms with Crippen LogP contribution in [0.25, 0.3) is 0 Å². The fourth-order valence-electron chi connectivity index (χ4n) is 0.834. The Morgan fingerprint density at radius 1 is 1.44 bits per heavy atom. The van der Waals surface area contributed by atoms with Gasteiger partial charge in [0.1, 0.15) is 0 Å². The number of nitrogens with one attached hydrogen (secondary N) is 1. The van der Waals surface area contributed by atoms with E-state index in [9.17, 15) is 0 Å². The molecule has 1 nitrogen and oxygen atoms in total. The van der Waals surface area contributed by atoms with Crippen molar-refractivity contribution in [3.05, 3.63) is 0 Å². The van der Waals surface area contributed by atoms with Gasteiger partial charge in [0.25, 0.3) is 0 Å². The molecule has 0 bridgehead atoms. The molecule has 1 saturated heterocycles. The van der Waals surface area contributed by atoms with Gasteiger partial charge in [0.15, 0.2) is 0 Å². The van der Waals surface area contributed by atoms with Crippen LogP contribution in [0.15, 0.2) is 0 Å². The van der Waals surface area contributed by atoms with Crippen molar-refractivity contribution in [3.63, 3.8) is 0 Å². The predicted molar refractivity (Wildman–Crippen MR) is 39.0 cm³/mol. The van der Waals surface area contributed by atoms with Gasteiger partial charge in [-0.1, -0.05) is 6.92 Å². The van der Waals surface area contributed by atoms with Gasteiger partial charge in [0.2, 0.25) is 0 Å². The standard InChI is InChI=1S/C8H13N/c1-2-3-4-5-8-6-9-7-8/h8-9H,2,5-7H2,1H3. The first-order valence-corrected chi connectivity index (χ1v) is 3.60. The molecule has 0 radical (unpaired) electrons. The Hall–Kier alpha value is -0.480. The van der Waals surface area contributed by atoms with Crippen molar-refractivity contribution in [1.29, 1.82) is 0 Å². The van der Waals surface area contributed by atoms with Crippen molar-refractivity contribution in [3.8, 4) is 11.8 Å². The van der Waals surface area contributed by atoms with E-state index in [4.69, 9.17) is 0 Å². The molecule has 0 aromatic rings. The normalized spacial score (nSPS) is 17.9. The molecule has 1 heterocycles. The molecule has 1 aliphatic rings. The van der Waals surface area contributed by atoms with E-state index in [2.05, 4.69) is 24.1 Å². The maximum absolute atomic E-state index is 3.22. The molecule has 0 spiro atoms. The Morgan fingerprint density at radius 3 is 2.67 bits per heavy atom. The molecular formula is C8H13N. The number of rotatable bonds is 1. The lowest BCUT2D eigenvalue weighted by Crippen LogP contribution is -2.41. The van der Waals surface area contributed by atoms with Crippen LogP contribution in [0.5, 0.6) is 0 Å². The van der Waals surface area contributed by atoms with E-state index in [-0.39, 0.29) is 0 Å². The molecule has 1 rings (SSSR count). The summed E-state index contributed by atoms with van der Waals surface area (Å²) in [5.74, 6) is 7.07. The molecule has 1 N–H and O–H groups in total. The summed E-state index contributed by atoms with van der Waals surface area (Å²) in [5, 5.41) is 3.22. The highest BCUT2D eigenvalue weighted by molar-refractivity contribution is 5.00. The lowest BCUT2D eigenvalue weighted by Gasteiger charge is -2.24. The minimum atomic E-state index is 0.851. The Bertz CT molecular complexity index is 125. The van der Waals surface area contributed by atoms with Crippen LogP contribution in [-0.2, 0) is 0 Å². The van der Waals surface area contributed by atoms with Crippen LogP contribution >= 0.6 is 0 Å². The van der Waals surface area contributed by atoms with E-state index in [1.165, 1.54) is 13.1 Å². The third-order valence-corrected chi connectivity index (χ3v) is 1.56. The number of hydrogen-bond donors (Lipinski definition) is 1. The highest BCUT2D eigenvalue weighted by atomic mass is 14.9. The van der Waals surface area contributed by atoms with E-state index in [0.717, 1.165) is 18.8 Å². The molecule has 0 aromatic heterocycles. The van der Waals surface area contributed by atoms with Crippen molar-refractivity contribution in [2.75, 3.05) is 13.1 Å². The van der Waals surface area contributed by atoms with Gasteiger partial charge >= 0.3 is 0 Å². The minimum Gasteiger partial charge on any atom is -0.316 e. The average molecular weight is 123 g/mol. The van der Waals surface area contributed by atoms with E-state index in [1.807, 2.05) is 0 Å². The van der Waals surface area contributed by atoms with Gasteiger partial charge in [0, 0.05) is 25.9 Å². The fourth-order valence-corrected chi connectivity index (χ4v) is 0.834. The van der Waals surface area contributed by atoms with Gasteiger partial charge in [-0.2, -0.15) is 0 Å². The summed E-state index contributed by atoms with van der Waals surface area (Å²) < 4.78 is 0. The molecule has 0 saturated carbocycles. The molecule has 0 aromatic carbocycles. The van der Waals surface area contributed by atoms with Crippen molar-refractivity contribution in [2.45, 2.75) is 19.8 Å². The quantitative estimate of drug-likeness (QED) is 0.513. The van der Waals surface area contributed by atoms with E-state index in [0.29, 0.717) is 0 Å². The zero-order chi connectivity index (χ0) is 6.53. The summed E-state index contributed by atoms with van der Waals surface area (Å²) in [6.45, 7) is 4.45. The zero-order valence-electron chi connectivity index (χ0n) is 5.91. The second-order valence-electron chi connectivity index (χ2n) is 2.44. The molecule has 0 unspecified atom stereocenters. The smallest absolute Gasteiger partial charge is 0.0141 e. The van der Waals surface area contributed by atoms with Crippen molar-refractivity contribution in [1.82, 2.24) is 5.32 Å². The molecule has 9 heavy (non-hydrogen) atoms. The second-order valence-corrected chi connectivity index (χ2v) is 2.44. The van der Waals surface area contributed by atoms with E-state index >= 15 is 0 Å². The van der Waals surface area contributed by atoms with Crippen LogP contribution in [-0.4, -0.2) is 13.1 Å². The van der Waals surface area contributed by atoms with Gasteiger partial charge in [-0.3, -0.25) is 0 Å². The molecule has 1 heteroatoms. The fraction of sp³-hybridized carbons (Fsp3) is 0.750. The minimum absolute atomic E-state index is 0.851. The SMILES string of the molecule is CCC#CCC1CNC1. The van der Waals surface area contributed by atoms with Crippen LogP contribution in [0.2, 0.25) is 0 Å². The van der Waals surface area contributed by atoms with E-state index in [1.54, 1.807) is 0 Å². The average Bonchev–Trinajstić information content (AvgIpc) is 1.76. The number of hydrogen-bond acceptors (Lipinski definition) is 1. The monoisotopic (exact) mass is 123 g/mol. The van der Waals surface area contributed by atoms with Crippen LogP contribution in [0, 0.1) is 17.8 Å². The summed E-state index contributed by atoms with van der Waals surface area (Å²) in [6.07, 6.45) is 2.10. The second kappa shape index (κ2) is 3.53. The van der Waals surface area contributed by atoms with Crippen molar-refractivity contribution < 1.29 is 0 Å². The topological polar surface area (TPSA) is 12.0 Å². The molecular weight excluding hydrogens is 110 g/mol. The van der Waals surface area contributed by atoms with Crippen LogP contribution in [0.3, 0.4) is 0 Å². The molecule has 0 aliphatic carbocycles. The van der Waals surface area contributed by atoms with Crippen LogP contribution in [0.4, 0.5) is 0 Å². The summed E-state index contributed by atoms with van der Waals surface area (Å²) in [5.41, 5.74) is 0. The summed E-state index contributed by atoms with van der Waals surface area (Å²) in [4.78, 5) is 0. The van der Waals surface area contributed by atoms with Gasteiger partial charge in [-0.05, 0) is 5.92 Å². The van der Waals surface area contributed by atoms with E-state index < -0.39 is 0 Å². The summed E-state index contributed by atoms with van der Waals surface area (Å²) in [7, 11) is 0. The van der Waals surface area contributed by atoms with Gasteiger partial charge in [0.05, 0.1) is 0 Å². The summed E-state index contributed by atoms with van der Waals surface area (Å²) >= 11 is 0. The lowest BCUT2D eigenvalue weighted by molar-refractivity contribution is 0.356. The van der Waals surface area contributed by atoms with Gasteiger partial charge in [-0.15, -0.1) is 11.8 Å². The maximum atomic E-state index is 3.22. The first-order valence-electron chi connectivity index (χ1n) is 3.60. The maximum Gasteiger partial charge on any atom is 0.0141 e. The van der Waals surface area contributed by atoms with Crippen molar-refractivity contribution >= 4 is 0 Å². The molecule has 1 fully saturated rings. The highest BCUT2D eigenvalue weighted by Gasteiger charge is 2.13. The largest absolute Gasteiger partial charge is 0.316 e. The van der Waals surface area contributed by atoms with Gasteiger partial charge in [-0.25, -0.2) is 0 Å². The van der Waals surface area contributed by atoms with Gasteiger partial charge < -0.3 is 5.32 Å².